The molecule has 0 bridgehead atoms. The molecule has 1 saturated heterocycles. The number of hydrogen-bond acceptors (Lipinski definition) is 6. The monoisotopic (exact) mass is 452 g/mol. The molecular formula is C24H28N4O5. The molecule has 0 saturated carbocycles. The smallest absolute Gasteiger partial charge is 0.419 e. The van der Waals surface area contributed by atoms with Gasteiger partial charge in [0.1, 0.15) is 5.75 Å². The summed E-state index contributed by atoms with van der Waals surface area (Å²) in [5, 5.41) is 2.89. The van der Waals surface area contributed by atoms with Gasteiger partial charge in [0.25, 0.3) is 0 Å². The van der Waals surface area contributed by atoms with Crippen LogP contribution in [-0.4, -0.2) is 55.1 Å². The highest BCUT2D eigenvalue weighted by atomic mass is 16.5. The van der Waals surface area contributed by atoms with Crippen LogP contribution in [-0.2, 0) is 16.1 Å². The van der Waals surface area contributed by atoms with E-state index in [4.69, 9.17) is 9.15 Å². The molecule has 0 spiro atoms. The number of fused-ring (bicyclic) bond motifs is 1. The van der Waals surface area contributed by atoms with E-state index in [1.54, 1.807) is 27.7 Å². The number of rotatable bonds is 8. The number of carbonyl (C=O) groups is 2. The second-order valence-corrected chi connectivity index (χ2v) is 8.30. The van der Waals surface area contributed by atoms with E-state index in [-0.39, 0.29) is 24.8 Å². The van der Waals surface area contributed by atoms with E-state index in [2.05, 4.69) is 5.32 Å². The van der Waals surface area contributed by atoms with Gasteiger partial charge in [-0.25, -0.2) is 4.79 Å². The first-order valence-electron chi connectivity index (χ1n) is 11.0. The summed E-state index contributed by atoms with van der Waals surface area (Å²) in [6, 6.07) is 12.4. The Hall–Kier alpha value is -3.59. The molecule has 1 unspecified atom stereocenters. The maximum absolute atomic E-state index is 13.0. The maximum Gasteiger partial charge on any atom is 0.419 e. The molecule has 0 aliphatic carbocycles. The van der Waals surface area contributed by atoms with Crippen LogP contribution in [0.25, 0.3) is 11.1 Å². The van der Waals surface area contributed by atoms with Crippen molar-refractivity contribution in [1.82, 2.24) is 9.47 Å². The van der Waals surface area contributed by atoms with Crippen LogP contribution in [0.3, 0.4) is 0 Å². The Morgan fingerprint density at radius 1 is 1.21 bits per heavy atom. The quantitative estimate of drug-likeness (QED) is 0.564. The lowest BCUT2D eigenvalue weighted by molar-refractivity contribution is -0.122. The summed E-state index contributed by atoms with van der Waals surface area (Å²) < 4.78 is 12.5. The average molecular weight is 453 g/mol. The molecule has 2 heterocycles. The van der Waals surface area contributed by atoms with Crippen LogP contribution in [0.4, 0.5) is 11.4 Å². The van der Waals surface area contributed by atoms with Crippen LogP contribution < -0.4 is 20.7 Å². The Balaban J connectivity index is 1.50. The molecule has 9 heteroatoms. The number of likely N-dealkylation sites (N-methyl/N-ethyl adjacent to an activating group) is 1. The van der Waals surface area contributed by atoms with Crippen molar-refractivity contribution in [2.24, 2.45) is 5.92 Å². The Morgan fingerprint density at radius 2 is 2.00 bits per heavy atom. The summed E-state index contributed by atoms with van der Waals surface area (Å²) in [5.74, 6) is -0.672. The second kappa shape index (κ2) is 9.50. The number of carbonyl (C=O) groups excluding carboxylic acids is 2. The third-order valence-corrected chi connectivity index (χ3v) is 5.66. The zero-order valence-electron chi connectivity index (χ0n) is 19.0. The van der Waals surface area contributed by atoms with E-state index in [0.29, 0.717) is 47.9 Å². The first-order valence-corrected chi connectivity index (χ1v) is 11.0. The number of para-hydroxylation sites is 2. The van der Waals surface area contributed by atoms with Crippen molar-refractivity contribution < 1.29 is 18.7 Å². The summed E-state index contributed by atoms with van der Waals surface area (Å²) in [6.45, 7) is 3.79. The van der Waals surface area contributed by atoms with Crippen molar-refractivity contribution in [2.45, 2.75) is 19.9 Å². The number of anilines is 2. The first-order chi connectivity index (χ1) is 15.9. The summed E-state index contributed by atoms with van der Waals surface area (Å²) in [6.07, 6.45) is 0.119. The van der Waals surface area contributed by atoms with E-state index < -0.39 is 11.7 Å². The Kier molecular flexibility index (Phi) is 6.50. The lowest BCUT2D eigenvalue weighted by atomic mass is 10.1. The second-order valence-electron chi connectivity index (χ2n) is 8.30. The van der Waals surface area contributed by atoms with Crippen molar-refractivity contribution in [2.75, 3.05) is 44.0 Å². The van der Waals surface area contributed by atoms with Crippen molar-refractivity contribution in [1.29, 1.82) is 0 Å². The molecule has 9 nitrogen and oxygen atoms in total. The molecule has 1 N–H and O–H groups in total. The number of ether oxygens (including phenoxy) is 1. The van der Waals surface area contributed by atoms with Crippen LogP contribution in [0.2, 0.25) is 0 Å². The molecule has 0 radical (unpaired) electrons. The SMILES string of the molecule is CCOc1ccccc1N1CC(C(=O)Nc2ccc3oc(=O)n(CCN(C)C)c3c2)CC1=O. The standard InChI is InChI=1S/C24H28N4O5/c1-4-32-20-8-6-5-7-18(20)28-15-16(13-22(28)29)23(30)25-17-9-10-21-19(14-17)27(24(31)33-21)12-11-26(2)3/h5-10,14,16H,4,11-13,15H2,1-3H3,(H,25,30). The van der Waals surface area contributed by atoms with E-state index in [0.717, 1.165) is 0 Å². The van der Waals surface area contributed by atoms with E-state index in [9.17, 15) is 14.4 Å². The number of aromatic nitrogens is 1. The van der Waals surface area contributed by atoms with Gasteiger partial charge in [-0.15, -0.1) is 0 Å². The molecule has 3 aromatic rings. The number of benzene rings is 2. The highest BCUT2D eigenvalue weighted by molar-refractivity contribution is 6.04. The van der Waals surface area contributed by atoms with Crippen molar-refractivity contribution in [3.63, 3.8) is 0 Å². The molecule has 4 rings (SSSR count). The number of amides is 2. The molecule has 1 fully saturated rings. The predicted octanol–water partition coefficient (Wildman–Crippen LogP) is 2.55. The fourth-order valence-corrected chi connectivity index (χ4v) is 3.97. The zero-order valence-corrected chi connectivity index (χ0v) is 19.0. The lowest BCUT2D eigenvalue weighted by Gasteiger charge is -2.20. The van der Waals surface area contributed by atoms with E-state index in [1.807, 2.05) is 50.2 Å². The summed E-state index contributed by atoms with van der Waals surface area (Å²) in [5.41, 5.74) is 2.30. The van der Waals surface area contributed by atoms with Crippen molar-refractivity contribution in [3.05, 3.63) is 53.0 Å². The fraction of sp³-hybridized carbons (Fsp3) is 0.375. The Labute approximate surface area is 191 Å². The van der Waals surface area contributed by atoms with Gasteiger partial charge in [-0.3, -0.25) is 14.2 Å². The van der Waals surface area contributed by atoms with Gasteiger partial charge in [-0.2, -0.15) is 0 Å². The van der Waals surface area contributed by atoms with Gasteiger partial charge in [0.15, 0.2) is 5.58 Å². The number of nitrogens with zero attached hydrogens (tertiary/aromatic N) is 3. The summed E-state index contributed by atoms with van der Waals surface area (Å²) >= 11 is 0. The number of nitrogens with one attached hydrogen (secondary N) is 1. The normalized spacial score (nSPS) is 16.1. The molecule has 33 heavy (non-hydrogen) atoms. The predicted molar refractivity (Wildman–Crippen MR) is 126 cm³/mol. The Bertz CT molecular complexity index is 1230. The topological polar surface area (TPSA) is 97.0 Å². The largest absolute Gasteiger partial charge is 0.492 e. The van der Waals surface area contributed by atoms with E-state index in [1.165, 1.54) is 0 Å². The van der Waals surface area contributed by atoms with E-state index >= 15 is 0 Å². The molecule has 1 aliphatic rings. The van der Waals surface area contributed by atoms with Gasteiger partial charge in [0, 0.05) is 31.7 Å². The fourth-order valence-electron chi connectivity index (χ4n) is 3.97. The first kappa shape index (κ1) is 22.6. The minimum Gasteiger partial charge on any atom is -0.492 e. The van der Waals surface area contributed by atoms with Crippen molar-refractivity contribution >= 4 is 34.3 Å². The van der Waals surface area contributed by atoms with Gasteiger partial charge in [-0.05, 0) is 51.4 Å². The molecule has 1 aromatic heterocycles. The zero-order chi connectivity index (χ0) is 23.5. The number of oxazole rings is 1. The molecule has 1 atom stereocenters. The third-order valence-electron chi connectivity index (χ3n) is 5.66. The van der Waals surface area contributed by atoms with Crippen LogP contribution >= 0.6 is 0 Å². The van der Waals surface area contributed by atoms with Gasteiger partial charge in [-0.1, -0.05) is 12.1 Å². The van der Waals surface area contributed by atoms with Gasteiger partial charge >= 0.3 is 5.76 Å². The third kappa shape index (κ3) is 4.78. The van der Waals surface area contributed by atoms with Crippen LogP contribution in [0.1, 0.15) is 13.3 Å². The molecule has 174 valence electrons. The lowest BCUT2D eigenvalue weighted by Crippen LogP contribution is -2.28. The molecule has 2 aromatic carbocycles. The van der Waals surface area contributed by atoms with Crippen molar-refractivity contribution in [3.8, 4) is 5.75 Å². The van der Waals surface area contributed by atoms with Crippen LogP contribution in [0.15, 0.2) is 51.7 Å². The highest BCUT2D eigenvalue weighted by Gasteiger charge is 2.36. The molecule has 1 aliphatic heterocycles. The van der Waals surface area contributed by atoms with Gasteiger partial charge in [0.05, 0.1) is 23.7 Å². The number of hydrogen-bond donors (Lipinski definition) is 1. The summed E-state index contributed by atoms with van der Waals surface area (Å²) in [4.78, 5) is 41.4. The molecule has 2 amide bonds. The minimum absolute atomic E-state index is 0.119. The summed E-state index contributed by atoms with van der Waals surface area (Å²) in [7, 11) is 3.86. The molecular weight excluding hydrogens is 424 g/mol. The van der Waals surface area contributed by atoms with Gasteiger partial charge in [0.2, 0.25) is 11.8 Å². The maximum atomic E-state index is 13.0. The highest BCUT2D eigenvalue weighted by Crippen LogP contribution is 2.33. The average Bonchev–Trinajstić information content (AvgIpc) is 3.32. The van der Waals surface area contributed by atoms with Gasteiger partial charge < -0.3 is 24.3 Å². The Morgan fingerprint density at radius 3 is 2.76 bits per heavy atom. The van der Waals surface area contributed by atoms with Crippen LogP contribution in [0.5, 0.6) is 5.75 Å². The van der Waals surface area contributed by atoms with Crippen LogP contribution in [0, 0.1) is 5.92 Å². The minimum atomic E-state index is -0.497.